The van der Waals surface area contributed by atoms with Gasteiger partial charge in [-0.15, -0.1) is 11.3 Å². The molecule has 0 spiro atoms. The molecule has 0 saturated carbocycles. The van der Waals surface area contributed by atoms with Crippen molar-refractivity contribution in [2.75, 3.05) is 11.9 Å². The Hall–Kier alpha value is -3.72. The van der Waals surface area contributed by atoms with Gasteiger partial charge in [0.25, 0.3) is 11.6 Å². The molecule has 1 amide bonds. The molecule has 29 heavy (non-hydrogen) atoms. The number of thiazole rings is 1. The molecule has 0 aliphatic rings. The van der Waals surface area contributed by atoms with Gasteiger partial charge in [0.05, 0.1) is 11.5 Å². The van der Waals surface area contributed by atoms with Crippen LogP contribution in [0.3, 0.4) is 0 Å². The third-order valence-electron chi connectivity index (χ3n) is 4.10. The number of furan rings is 1. The highest BCUT2D eigenvalue weighted by Crippen LogP contribution is 2.32. The van der Waals surface area contributed by atoms with Crippen LogP contribution < -0.4 is 10.1 Å². The molecule has 8 nitrogen and oxygen atoms in total. The standard InChI is InChI=1S/C20H15N3O5S/c1-2-27-15-6-7-17-13(9-15)10-18(28-17)16-11-29-20(21-16)22-19(24)12-4-3-5-14(8-12)23(25)26/h3-11H,2H2,1H3,(H,21,22,24). The number of nitrogens with one attached hydrogen (secondary N) is 1. The van der Waals surface area contributed by atoms with Crippen molar-refractivity contribution in [2.24, 2.45) is 0 Å². The van der Waals surface area contributed by atoms with Crippen molar-refractivity contribution in [3.63, 3.8) is 0 Å². The van der Waals surface area contributed by atoms with E-state index in [4.69, 9.17) is 9.15 Å². The Labute approximate surface area is 168 Å². The normalized spacial score (nSPS) is 10.8. The molecule has 0 aliphatic carbocycles. The lowest BCUT2D eigenvalue weighted by Gasteiger charge is -2.01. The molecule has 0 bridgehead atoms. The Bertz CT molecular complexity index is 1210. The Morgan fingerprint density at radius 3 is 2.93 bits per heavy atom. The molecule has 0 unspecified atom stereocenters. The highest BCUT2D eigenvalue weighted by molar-refractivity contribution is 7.14. The first-order valence-corrected chi connectivity index (χ1v) is 9.59. The van der Waals surface area contributed by atoms with Gasteiger partial charge in [-0.25, -0.2) is 4.98 Å². The van der Waals surface area contributed by atoms with Gasteiger partial charge in [0.1, 0.15) is 17.0 Å². The van der Waals surface area contributed by atoms with Crippen molar-refractivity contribution in [3.8, 4) is 17.2 Å². The summed E-state index contributed by atoms with van der Waals surface area (Å²) in [6.07, 6.45) is 0. The molecule has 1 N–H and O–H groups in total. The van der Waals surface area contributed by atoms with Gasteiger partial charge < -0.3 is 9.15 Å². The number of non-ortho nitro benzene ring substituents is 1. The van der Waals surface area contributed by atoms with Crippen LogP contribution in [0.1, 0.15) is 17.3 Å². The number of ether oxygens (including phenoxy) is 1. The first kappa shape index (κ1) is 18.6. The topological polar surface area (TPSA) is 108 Å². The molecule has 2 aromatic heterocycles. The third kappa shape index (κ3) is 3.94. The predicted octanol–water partition coefficient (Wildman–Crippen LogP) is 5.12. The van der Waals surface area contributed by atoms with Gasteiger partial charge in [0.15, 0.2) is 10.9 Å². The minimum Gasteiger partial charge on any atom is -0.494 e. The van der Waals surface area contributed by atoms with Gasteiger partial charge in [-0.05, 0) is 37.3 Å². The van der Waals surface area contributed by atoms with Crippen LogP contribution in [0.15, 0.2) is 58.3 Å². The minimum absolute atomic E-state index is 0.147. The highest BCUT2D eigenvalue weighted by Gasteiger charge is 2.15. The van der Waals surface area contributed by atoms with Crippen LogP contribution in [0.25, 0.3) is 22.4 Å². The number of hydrogen-bond acceptors (Lipinski definition) is 7. The fourth-order valence-electron chi connectivity index (χ4n) is 2.78. The first-order valence-electron chi connectivity index (χ1n) is 8.71. The van der Waals surface area contributed by atoms with E-state index < -0.39 is 10.8 Å². The number of benzene rings is 2. The average molecular weight is 409 g/mol. The lowest BCUT2D eigenvalue weighted by atomic mass is 10.2. The van der Waals surface area contributed by atoms with Crippen LogP contribution in [0.5, 0.6) is 5.75 Å². The van der Waals surface area contributed by atoms with Gasteiger partial charge in [-0.1, -0.05) is 6.07 Å². The van der Waals surface area contributed by atoms with Crippen molar-refractivity contribution in [2.45, 2.75) is 6.92 Å². The summed E-state index contributed by atoms with van der Waals surface area (Å²) in [5, 5.41) is 16.6. The molecule has 9 heteroatoms. The quantitative estimate of drug-likeness (QED) is 0.350. The van der Waals surface area contributed by atoms with Gasteiger partial charge in [0, 0.05) is 28.5 Å². The number of amides is 1. The Balaban J connectivity index is 1.54. The second kappa shape index (κ2) is 7.72. The molecule has 2 heterocycles. The van der Waals surface area contributed by atoms with E-state index in [2.05, 4.69) is 10.3 Å². The number of rotatable bonds is 6. The van der Waals surface area contributed by atoms with Crippen molar-refractivity contribution in [1.82, 2.24) is 4.98 Å². The predicted molar refractivity (Wildman–Crippen MR) is 110 cm³/mol. The first-order chi connectivity index (χ1) is 14.0. The molecule has 0 aliphatic heterocycles. The van der Waals surface area contributed by atoms with E-state index in [0.717, 1.165) is 11.1 Å². The monoisotopic (exact) mass is 409 g/mol. The van der Waals surface area contributed by atoms with Crippen LogP contribution in [0, 0.1) is 10.1 Å². The zero-order valence-corrected chi connectivity index (χ0v) is 16.1. The van der Waals surface area contributed by atoms with Crippen molar-refractivity contribution in [1.29, 1.82) is 0 Å². The molecule has 4 rings (SSSR count). The fourth-order valence-corrected chi connectivity index (χ4v) is 3.47. The molecular weight excluding hydrogens is 394 g/mol. The molecule has 4 aromatic rings. The van der Waals surface area contributed by atoms with E-state index in [1.165, 1.54) is 35.6 Å². The van der Waals surface area contributed by atoms with Crippen molar-refractivity contribution < 1.29 is 18.9 Å². The van der Waals surface area contributed by atoms with E-state index in [1.807, 2.05) is 31.2 Å². The van der Waals surface area contributed by atoms with E-state index in [0.29, 0.717) is 28.8 Å². The highest BCUT2D eigenvalue weighted by atomic mass is 32.1. The summed E-state index contributed by atoms with van der Waals surface area (Å²) in [6.45, 7) is 2.50. The Morgan fingerprint density at radius 2 is 2.14 bits per heavy atom. The number of hydrogen-bond donors (Lipinski definition) is 1. The van der Waals surface area contributed by atoms with E-state index in [-0.39, 0.29) is 11.3 Å². The summed E-state index contributed by atoms with van der Waals surface area (Å²) in [5.41, 5.74) is 1.33. The SMILES string of the molecule is CCOc1ccc2oc(-c3csc(NC(=O)c4cccc([N+](=O)[O-])c4)n3)cc2c1. The number of carbonyl (C=O) groups excluding carboxylic acids is 1. The smallest absolute Gasteiger partial charge is 0.270 e. The van der Waals surface area contributed by atoms with Crippen LogP contribution >= 0.6 is 11.3 Å². The van der Waals surface area contributed by atoms with Gasteiger partial charge in [-0.3, -0.25) is 20.2 Å². The lowest BCUT2D eigenvalue weighted by molar-refractivity contribution is -0.384. The zero-order valence-electron chi connectivity index (χ0n) is 15.2. The van der Waals surface area contributed by atoms with Crippen LogP contribution in [0.4, 0.5) is 10.8 Å². The lowest BCUT2D eigenvalue weighted by Crippen LogP contribution is -2.11. The summed E-state index contributed by atoms with van der Waals surface area (Å²) < 4.78 is 11.3. The minimum atomic E-state index is -0.545. The average Bonchev–Trinajstić information content (AvgIpc) is 3.34. The van der Waals surface area contributed by atoms with Crippen LogP contribution in [-0.2, 0) is 0 Å². The number of nitrogens with zero attached hydrogens (tertiary/aromatic N) is 2. The number of anilines is 1. The zero-order chi connectivity index (χ0) is 20.4. The number of nitro groups is 1. The van der Waals surface area contributed by atoms with Gasteiger partial charge >= 0.3 is 0 Å². The molecule has 0 atom stereocenters. The fraction of sp³-hybridized carbons (Fsp3) is 0.100. The van der Waals surface area contributed by atoms with Crippen LogP contribution in [0.2, 0.25) is 0 Å². The summed E-state index contributed by atoms with van der Waals surface area (Å²) in [4.78, 5) is 27.1. The summed E-state index contributed by atoms with van der Waals surface area (Å²) >= 11 is 1.24. The summed E-state index contributed by atoms with van der Waals surface area (Å²) in [5.74, 6) is 0.858. The van der Waals surface area contributed by atoms with Gasteiger partial charge in [0.2, 0.25) is 0 Å². The van der Waals surface area contributed by atoms with Crippen LogP contribution in [-0.4, -0.2) is 22.4 Å². The number of aromatic nitrogens is 1. The number of nitro benzene ring substituents is 1. The maximum Gasteiger partial charge on any atom is 0.270 e. The Morgan fingerprint density at radius 1 is 1.28 bits per heavy atom. The maximum absolute atomic E-state index is 12.4. The summed E-state index contributed by atoms with van der Waals surface area (Å²) in [7, 11) is 0. The van der Waals surface area contributed by atoms with E-state index in [9.17, 15) is 14.9 Å². The second-order valence-corrected chi connectivity index (χ2v) is 6.90. The van der Waals surface area contributed by atoms with E-state index in [1.54, 1.807) is 5.38 Å². The second-order valence-electron chi connectivity index (χ2n) is 6.04. The number of carbonyl (C=O) groups is 1. The van der Waals surface area contributed by atoms with Crippen molar-refractivity contribution in [3.05, 3.63) is 69.6 Å². The van der Waals surface area contributed by atoms with Gasteiger partial charge in [-0.2, -0.15) is 0 Å². The molecule has 0 fully saturated rings. The van der Waals surface area contributed by atoms with E-state index >= 15 is 0 Å². The molecule has 0 saturated heterocycles. The molecule has 0 radical (unpaired) electrons. The third-order valence-corrected chi connectivity index (χ3v) is 4.85. The Kier molecular flexibility index (Phi) is 4.96. The number of fused-ring (bicyclic) bond motifs is 1. The van der Waals surface area contributed by atoms with Crippen molar-refractivity contribution >= 4 is 39.0 Å². The largest absolute Gasteiger partial charge is 0.494 e. The molecular formula is C20H15N3O5S. The molecule has 2 aromatic carbocycles. The maximum atomic E-state index is 12.4. The molecule has 146 valence electrons. The summed E-state index contributed by atoms with van der Waals surface area (Å²) in [6, 6.07) is 12.9.